The van der Waals surface area contributed by atoms with Crippen molar-refractivity contribution >= 4 is 62.6 Å². The zero-order valence-electron chi connectivity index (χ0n) is 5.57. The number of carbonyl (C=O) groups is 1. The number of benzene rings is 1. The molecular formula is C7H2Cl3IO. The average molecular weight is 335 g/mol. The first-order chi connectivity index (χ1) is 5.54. The molecule has 0 saturated carbocycles. The van der Waals surface area contributed by atoms with Crippen LogP contribution in [-0.4, -0.2) is 5.24 Å². The van der Waals surface area contributed by atoms with Gasteiger partial charge < -0.3 is 0 Å². The molecule has 0 aliphatic carbocycles. The molecule has 1 nitrogen and oxygen atoms in total. The Morgan fingerprint density at radius 3 is 2.33 bits per heavy atom. The van der Waals surface area contributed by atoms with Crippen LogP contribution in [0, 0.1) is 3.57 Å². The lowest BCUT2D eigenvalue weighted by molar-refractivity contribution is 0.108. The normalized spacial score (nSPS) is 10.0. The molecule has 0 amide bonds. The maximum atomic E-state index is 10.7. The summed E-state index contributed by atoms with van der Waals surface area (Å²) in [6.45, 7) is 0. The van der Waals surface area contributed by atoms with E-state index in [1.165, 1.54) is 0 Å². The zero-order valence-corrected chi connectivity index (χ0v) is 10.0. The van der Waals surface area contributed by atoms with Gasteiger partial charge in [0.05, 0.1) is 15.6 Å². The van der Waals surface area contributed by atoms with Gasteiger partial charge in [0.25, 0.3) is 5.24 Å². The van der Waals surface area contributed by atoms with Crippen molar-refractivity contribution in [1.82, 2.24) is 0 Å². The molecule has 1 rings (SSSR count). The largest absolute Gasteiger partial charge is 0.276 e. The van der Waals surface area contributed by atoms with Crippen molar-refractivity contribution in [2.24, 2.45) is 0 Å². The summed E-state index contributed by atoms with van der Waals surface area (Å²) in [5.41, 5.74) is 0.240. The third kappa shape index (κ3) is 2.05. The van der Waals surface area contributed by atoms with E-state index in [0.29, 0.717) is 5.02 Å². The molecule has 0 spiro atoms. The minimum absolute atomic E-state index is 0.212. The molecule has 0 fully saturated rings. The number of carbonyl (C=O) groups excluding carboxylic acids is 1. The summed E-state index contributed by atoms with van der Waals surface area (Å²) in [6.07, 6.45) is 0. The van der Waals surface area contributed by atoms with Crippen molar-refractivity contribution < 1.29 is 4.79 Å². The highest BCUT2D eigenvalue weighted by Gasteiger charge is 2.12. The first-order valence-corrected chi connectivity index (χ1v) is 5.08. The molecule has 0 saturated heterocycles. The standard InChI is InChI=1S/C7H2Cl3IO/c8-5-3(7(10)12)1-2-4(11)6(5)9/h1-2H. The fourth-order valence-electron chi connectivity index (χ4n) is 0.678. The summed E-state index contributed by atoms with van der Waals surface area (Å²) in [7, 11) is 0. The molecule has 12 heavy (non-hydrogen) atoms. The summed E-state index contributed by atoms with van der Waals surface area (Å²) >= 11 is 18.8. The van der Waals surface area contributed by atoms with Crippen molar-refractivity contribution in [2.45, 2.75) is 0 Å². The summed E-state index contributed by atoms with van der Waals surface area (Å²) in [5.74, 6) is 0. The lowest BCUT2D eigenvalue weighted by Gasteiger charge is -2.01. The van der Waals surface area contributed by atoms with Crippen molar-refractivity contribution in [1.29, 1.82) is 0 Å². The van der Waals surface area contributed by atoms with Gasteiger partial charge in [-0.1, -0.05) is 23.2 Å². The smallest absolute Gasteiger partial charge is 0.253 e. The van der Waals surface area contributed by atoms with Crippen LogP contribution in [0.3, 0.4) is 0 Å². The van der Waals surface area contributed by atoms with Gasteiger partial charge in [0.15, 0.2) is 0 Å². The van der Waals surface area contributed by atoms with Crippen LogP contribution in [-0.2, 0) is 0 Å². The minimum Gasteiger partial charge on any atom is -0.276 e. The van der Waals surface area contributed by atoms with Gasteiger partial charge in [-0.15, -0.1) is 0 Å². The van der Waals surface area contributed by atoms with Gasteiger partial charge in [-0.2, -0.15) is 0 Å². The molecular weight excluding hydrogens is 333 g/mol. The molecule has 0 aliphatic rings. The zero-order chi connectivity index (χ0) is 9.30. The van der Waals surface area contributed by atoms with Gasteiger partial charge in [0.2, 0.25) is 0 Å². The van der Waals surface area contributed by atoms with Gasteiger partial charge in [0, 0.05) is 3.57 Å². The number of hydrogen-bond acceptors (Lipinski definition) is 1. The summed E-state index contributed by atoms with van der Waals surface area (Å²) in [5, 5.41) is -0.0226. The molecule has 0 aliphatic heterocycles. The van der Waals surface area contributed by atoms with Crippen molar-refractivity contribution in [2.75, 3.05) is 0 Å². The molecule has 0 aromatic heterocycles. The fourth-order valence-corrected chi connectivity index (χ4v) is 1.91. The van der Waals surface area contributed by atoms with E-state index in [4.69, 9.17) is 34.8 Å². The molecule has 64 valence electrons. The third-order valence-electron chi connectivity index (χ3n) is 1.25. The number of halogens is 4. The molecule has 1 aromatic rings. The molecule has 0 N–H and O–H groups in total. The molecule has 0 heterocycles. The SMILES string of the molecule is O=C(Cl)c1ccc(I)c(Cl)c1Cl. The third-order valence-corrected chi connectivity index (χ3v) is 3.55. The van der Waals surface area contributed by atoms with E-state index in [-0.39, 0.29) is 10.6 Å². The van der Waals surface area contributed by atoms with E-state index < -0.39 is 5.24 Å². The Labute approximate surface area is 98.1 Å². The Balaban J connectivity index is 3.36. The van der Waals surface area contributed by atoms with Crippen LogP contribution in [0.25, 0.3) is 0 Å². The molecule has 0 bridgehead atoms. The summed E-state index contributed by atoms with van der Waals surface area (Å²) < 4.78 is 0.793. The van der Waals surface area contributed by atoms with E-state index in [1.807, 2.05) is 22.6 Å². The Morgan fingerprint density at radius 2 is 1.83 bits per heavy atom. The van der Waals surface area contributed by atoms with Crippen LogP contribution in [0.4, 0.5) is 0 Å². The van der Waals surface area contributed by atoms with E-state index in [9.17, 15) is 4.79 Å². The number of rotatable bonds is 1. The van der Waals surface area contributed by atoms with E-state index in [2.05, 4.69) is 0 Å². The number of hydrogen-bond donors (Lipinski definition) is 0. The van der Waals surface area contributed by atoms with Crippen LogP contribution in [0.1, 0.15) is 10.4 Å². The Bertz CT molecular complexity index is 338. The Hall–Kier alpha value is 0.490. The molecule has 0 unspecified atom stereocenters. The first kappa shape index (κ1) is 10.6. The summed E-state index contributed by atoms with van der Waals surface area (Å²) in [6, 6.07) is 3.23. The summed E-state index contributed by atoms with van der Waals surface area (Å²) in [4.78, 5) is 10.7. The quantitative estimate of drug-likeness (QED) is 0.431. The van der Waals surface area contributed by atoms with Crippen LogP contribution in [0.15, 0.2) is 12.1 Å². The highest BCUT2D eigenvalue weighted by molar-refractivity contribution is 14.1. The predicted octanol–water partition coefficient (Wildman–Crippen LogP) is 3.98. The Kier molecular flexibility index (Phi) is 3.64. The fraction of sp³-hybridized carbons (Fsp3) is 0. The van der Waals surface area contributed by atoms with E-state index >= 15 is 0 Å². The van der Waals surface area contributed by atoms with Crippen LogP contribution < -0.4 is 0 Å². The Morgan fingerprint density at radius 1 is 1.25 bits per heavy atom. The maximum absolute atomic E-state index is 10.7. The lowest BCUT2D eigenvalue weighted by atomic mass is 10.2. The van der Waals surface area contributed by atoms with E-state index in [1.54, 1.807) is 12.1 Å². The van der Waals surface area contributed by atoms with Crippen molar-refractivity contribution in [3.8, 4) is 0 Å². The van der Waals surface area contributed by atoms with Gasteiger partial charge in [-0.05, 0) is 46.3 Å². The lowest BCUT2D eigenvalue weighted by Crippen LogP contribution is -1.91. The first-order valence-electron chi connectivity index (χ1n) is 2.87. The average Bonchev–Trinajstić information content (AvgIpc) is 2.00. The topological polar surface area (TPSA) is 17.1 Å². The van der Waals surface area contributed by atoms with Crippen LogP contribution in [0.2, 0.25) is 10.0 Å². The van der Waals surface area contributed by atoms with Crippen molar-refractivity contribution in [3.63, 3.8) is 0 Å². The molecule has 0 radical (unpaired) electrons. The monoisotopic (exact) mass is 334 g/mol. The molecule has 1 aromatic carbocycles. The second-order valence-corrected chi connectivity index (χ2v) is 4.26. The maximum Gasteiger partial charge on any atom is 0.253 e. The van der Waals surface area contributed by atoms with Crippen LogP contribution in [0.5, 0.6) is 0 Å². The van der Waals surface area contributed by atoms with Gasteiger partial charge in [-0.25, -0.2) is 0 Å². The molecule has 0 atom stereocenters. The highest BCUT2D eigenvalue weighted by Crippen LogP contribution is 2.31. The van der Waals surface area contributed by atoms with Gasteiger partial charge in [0.1, 0.15) is 0 Å². The minimum atomic E-state index is -0.599. The van der Waals surface area contributed by atoms with E-state index in [0.717, 1.165) is 3.57 Å². The molecule has 5 heteroatoms. The van der Waals surface area contributed by atoms with Crippen molar-refractivity contribution in [3.05, 3.63) is 31.3 Å². The highest BCUT2D eigenvalue weighted by atomic mass is 127. The van der Waals surface area contributed by atoms with Gasteiger partial charge in [-0.3, -0.25) is 4.79 Å². The van der Waals surface area contributed by atoms with Gasteiger partial charge >= 0.3 is 0 Å². The second kappa shape index (κ2) is 4.13. The van der Waals surface area contributed by atoms with Crippen LogP contribution >= 0.6 is 57.4 Å². The second-order valence-electron chi connectivity index (χ2n) is 2.00. The predicted molar refractivity (Wildman–Crippen MR) is 59.4 cm³/mol.